The quantitative estimate of drug-likeness (QED) is 0.569. The molecule has 130 valence electrons. The lowest BCUT2D eigenvalue weighted by Crippen LogP contribution is -2.10. The number of rotatable bonds is 8. The van der Waals surface area contributed by atoms with Gasteiger partial charge in [0.2, 0.25) is 0 Å². The average molecular weight is 336 g/mol. The number of hydrogen-bond acceptors (Lipinski definition) is 7. The first-order valence-corrected chi connectivity index (χ1v) is 7.30. The van der Waals surface area contributed by atoms with Crippen LogP contribution in [0.25, 0.3) is 0 Å². The van der Waals surface area contributed by atoms with E-state index in [0.717, 1.165) is 5.56 Å². The van der Waals surface area contributed by atoms with Gasteiger partial charge in [0.1, 0.15) is 43.4 Å². The predicted octanol–water partition coefficient (Wildman–Crippen LogP) is 1.75. The second kappa shape index (κ2) is 8.81. The van der Waals surface area contributed by atoms with Gasteiger partial charge in [-0.3, -0.25) is 19.2 Å². The minimum atomic E-state index is -0.683. The van der Waals surface area contributed by atoms with Crippen LogP contribution in [-0.4, -0.2) is 28.6 Å². The molecule has 1 rings (SSSR count). The van der Waals surface area contributed by atoms with E-state index >= 15 is 0 Å². The lowest BCUT2D eigenvalue weighted by molar-refractivity contribution is -0.148. The molecule has 24 heavy (non-hydrogen) atoms. The van der Waals surface area contributed by atoms with Crippen molar-refractivity contribution in [1.29, 1.82) is 0 Å². The Morgan fingerprint density at radius 3 is 1.58 bits per heavy atom. The first-order chi connectivity index (χ1) is 11.2. The van der Waals surface area contributed by atoms with E-state index in [1.54, 1.807) is 19.1 Å². The SMILES string of the molecule is CC(=O)CC(=O)OCc1cc(C)cc(COC(=O)CC(C)=O)c1O. The minimum absolute atomic E-state index is 0.160. The fourth-order valence-electron chi connectivity index (χ4n) is 1.98. The van der Waals surface area contributed by atoms with E-state index in [1.807, 2.05) is 0 Å². The van der Waals surface area contributed by atoms with Crippen molar-refractivity contribution < 1.29 is 33.8 Å². The Morgan fingerprint density at radius 2 is 1.25 bits per heavy atom. The van der Waals surface area contributed by atoms with Gasteiger partial charge in [0.05, 0.1) is 0 Å². The molecule has 0 fully saturated rings. The van der Waals surface area contributed by atoms with Crippen LogP contribution >= 0.6 is 0 Å². The van der Waals surface area contributed by atoms with Crippen LogP contribution in [0.15, 0.2) is 12.1 Å². The van der Waals surface area contributed by atoms with Crippen LogP contribution in [0, 0.1) is 6.92 Å². The summed E-state index contributed by atoms with van der Waals surface area (Å²) in [5, 5.41) is 10.2. The average Bonchev–Trinajstić information content (AvgIpc) is 2.44. The molecule has 0 bridgehead atoms. The third kappa shape index (κ3) is 6.60. The van der Waals surface area contributed by atoms with Gasteiger partial charge in [-0.25, -0.2) is 0 Å². The summed E-state index contributed by atoms with van der Waals surface area (Å²) in [6, 6.07) is 3.24. The highest BCUT2D eigenvalue weighted by molar-refractivity contribution is 5.94. The van der Waals surface area contributed by atoms with Crippen LogP contribution in [0.2, 0.25) is 0 Å². The number of Topliss-reactive ketones (excluding diaryl/α,β-unsaturated/α-hetero) is 2. The van der Waals surface area contributed by atoms with Gasteiger partial charge in [-0.15, -0.1) is 0 Å². The molecule has 0 atom stereocenters. The topological polar surface area (TPSA) is 107 Å². The fraction of sp³-hybridized carbons (Fsp3) is 0.412. The van der Waals surface area contributed by atoms with Crippen LogP contribution in [0.1, 0.15) is 43.4 Å². The van der Waals surface area contributed by atoms with Crippen LogP contribution in [-0.2, 0) is 41.9 Å². The molecule has 1 aromatic carbocycles. The fourth-order valence-corrected chi connectivity index (χ4v) is 1.98. The summed E-state index contributed by atoms with van der Waals surface area (Å²) >= 11 is 0. The number of aryl methyl sites for hydroxylation is 1. The van der Waals surface area contributed by atoms with Crippen LogP contribution in [0.5, 0.6) is 5.75 Å². The smallest absolute Gasteiger partial charge is 0.313 e. The molecule has 0 aliphatic carbocycles. The number of aromatic hydroxyl groups is 1. The highest BCUT2D eigenvalue weighted by Crippen LogP contribution is 2.26. The van der Waals surface area contributed by atoms with Crippen molar-refractivity contribution >= 4 is 23.5 Å². The largest absolute Gasteiger partial charge is 0.507 e. The first kappa shape index (κ1) is 19.3. The predicted molar refractivity (Wildman–Crippen MR) is 83.0 cm³/mol. The van der Waals surface area contributed by atoms with E-state index in [1.165, 1.54) is 13.8 Å². The molecule has 0 unspecified atom stereocenters. The molecule has 0 amide bonds. The molecule has 0 aromatic heterocycles. The Kier molecular flexibility index (Phi) is 7.10. The van der Waals surface area contributed by atoms with Gasteiger partial charge in [0.25, 0.3) is 0 Å². The normalized spacial score (nSPS) is 10.1. The standard InChI is InChI=1S/C17H20O7/c1-10-4-13(8-23-15(20)6-11(2)18)17(22)14(5-10)9-24-16(21)7-12(3)19/h4-5,22H,6-9H2,1-3H3. The van der Waals surface area contributed by atoms with E-state index in [-0.39, 0.29) is 43.4 Å². The van der Waals surface area contributed by atoms with Crippen LogP contribution in [0.3, 0.4) is 0 Å². The van der Waals surface area contributed by atoms with Gasteiger partial charge in [0, 0.05) is 11.1 Å². The lowest BCUT2D eigenvalue weighted by atomic mass is 10.1. The Bertz CT molecular complexity index is 608. The zero-order valence-electron chi connectivity index (χ0n) is 13.9. The molecule has 0 aliphatic rings. The molecular formula is C17H20O7. The van der Waals surface area contributed by atoms with Crippen molar-refractivity contribution in [2.24, 2.45) is 0 Å². The van der Waals surface area contributed by atoms with Gasteiger partial charge in [-0.2, -0.15) is 0 Å². The minimum Gasteiger partial charge on any atom is -0.507 e. The molecule has 0 heterocycles. The van der Waals surface area contributed by atoms with Crippen LogP contribution < -0.4 is 0 Å². The van der Waals surface area contributed by atoms with E-state index in [9.17, 15) is 24.3 Å². The summed E-state index contributed by atoms with van der Waals surface area (Å²) in [5.74, 6) is -2.15. The van der Waals surface area contributed by atoms with Gasteiger partial charge in [0.15, 0.2) is 0 Å². The summed E-state index contributed by atoms with van der Waals surface area (Å²) in [7, 11) is 0. The maximum absolute atomic E-state index is 11.4. The van der Waals surface area contributed by atoms with Gasteiger partial charge >= 0.3 is 11.9 Å². The Balaban J connectivity index is 2.76. The van der Waals surface area contributed by atoms with Crippen molar-refractivity contribution in [3.63, 3.8) is 0 Å². The number of benzene rings is 1. The number of carbonyl (C=O) groups is 4. The number of hydrogen-bond donors (Lipinski definition) is 1. The van der Waals surface area contributed by atoms with E-state index in [0.29, 0.717) is 11.1 Å². The second-order valence-electron chi connectivity index (χ2n) is 5.51. The molecule has 7 nitrogen and oxygen atoms in total. The highest BCUT2D eigenvalue weighted by atomic mass is 16.5. The lowest BCUT2D eigenvalue weighted by Gasteiger charge is -2.12. The van der Waals surface area contributed by atoms with Gasteiger partial charge < -0.3 is 14.6 Å². The van der Waals surface area contributed by atoms with Crippen molar-refractivity contribution in [2.45, 2.75) is 46.8 Å². The number of phenols is 1. The molecule has 1 aromatic rings. The number of ether oxygens (including phenoxy) is 2. The number of carbonyl (C=O) groups excluding carboxylic acids is 4. The second-order valence-corrected chi connectivity index (χ2v) is 5.51. The molecule has 0 saturated heterocycles. The summed E-state index contributed by atoms with van der Waals surface area (Å²) in [6.07, 6.45) is -0.663. The zero-order valence-corrected chi connectivity index (χ0v) is 13.9. The molecule has 0 saturated carbocycles. The zero-order chi connectivity index (χ0) is 18.3. The van der Waals surface area contributed by atoms with Gasteiger partial charge in [-0.05, 0) is 32.9 Å². The molecule has 0 aliphatic heterocycles. The Hall–Kier alpha value is -2.70. The Labute approximate surface area is 139 Å². The van der Waals surface area contributed by atoms with Crippen molar-refractivity contribution in [1.82, 2.24) is 0 Å². The molecule has 7 heteroatoms. The third-order valence-corrected chi connectivity index (χ3v) is 2.98. The van der Waals surface area contributed by atoms with Crippen molar-refractivity contribution in [3.05, 3.63) is 28.8 Å². The molecule has 0 radical (unpaired) electrons. The Morgan fingerprint density at radius 1 is 0.875 bits per heavy atom. The van der Waals surface area contributed by atoms with Crippen LogP contribution in [0.4, 0.5) is 0 Å². The monoisotopic (exact) mass is 336 g/mol. The number of ketones is 2. The highest BCUT2D eigenvalue weighted by Gasteiger charge is 2.14. The van der Waals surface area contributed by atoms with Crippen molar-refractivity contribution in [3.8, 4) is 5.75 Å². The third-order valence-electron chi connectivity index (χ3n) is 2.98. The molecular weight excluding hydrogens is 316 g/mol. The maximum atomic E-state index is 11.4. The summed E-state index contributed by atoms with van der Waals surface area (Å²) in [5.41, 5.74) is 1.44. The maximum Gasteiger partial charge on any atom is 0.313 e. The first-order valence-electron chi connectivity index (χ1n) is 7.30. The van der Waals surface area contributed by atoms with E-state index in [2.05, 4.69) is 0 Å². The summed E-state index contributed by atoms with van der Waals surface area (Å²) in [4.78, 5) is 44.5. The number of phenolic OH excluding ortho intramolecular Hbond substituents is 1. The number of esters is 2. The van der Waals surface area contributed by atoms with Gasteiger partial charge in [-0.1, -0.05) is 5.56 Å². The molecule has 0 spiro atoms. The molecule has 1 N–H and O–H groups in total. The van der Waals surface area contributed by atoms with E-state index in [4.69, 9.17) is 9.47 Å². The summed E-state index contributed by atoms with van der Waals surface area (Å²) < 4.78 is 9.87. The van der Waals surface area contributed by atoms with E-state index < -0.39 is 11.9 Å². The summed E-state index contributed by atoms with van der Waals surface area (Å²) in [6.45, 7) is 3.92. The van der Waals surface area contributed by atoms with Crippen molar-refractivity contribution in [2.75, 3.05) is 0 Å².